The van der Waals surface area contributed by atoms with Gasteiger partial charge in [-0.2, -0.15) is 0 Å². The number of ether oxygens (including phenoxy) is 3. The number of rotatable bonds is 16. The summed E-state index contributed by atoms with van der Waals surface area (Å²) in [5.74, 6) is 1.63. The van der Waals surface area contributed by atoms with Gasteiger partial charge in [0.05, 0.1) is 24.1 Å². The maximum Gasteiger partial charge on any atom is 0.232 e. The summed E-state index contributed by atoms with van der Waals surface area (Å²) in [5.41, 5.74) is 11.1. The van der Waals surface area contributed by atoms with Gasteiger partial charge in [-0.1, -0.05) is 94.4 Å². The lowest BCUT2D eigenvalue weighted by Gasteiger charge is -2.37. The molecule has 1 aliphatic rings. The minimum Gasteiger partial charge on any atom is -0.486 e. The van der Waals surface area contributed by atoms with Crippen LogP contribution in [0.25, 0.3) is 0 Å². The van der Waals surface area contributed by atoms with E-state index in [1.54, 1.807) is 12.1 Å². The van der Waals surface area contributed by atoms with Crippen molar-refractivity contribution in [1.82, 2.24) is 0 Å². The maximum absolute atomic E-state index is 14.2. The first kappa shape index (κ1) is 35.3. The minimum atomic E-state index is -3.91. The molecule has 0 aliphatic carbocycles. The van der Waals surface area contributed by atoms with E-state index in [1.165, 1.54) is 10.6 Å². The van der Waals surface area contributed by atoms with Crippen LogP contribution in [-0.4, -0.2) is 29.8 Å². The van der Waals surface area contributed by atoms with Crippen molar-refractivity contribution in [2.75, 3.05) is 23.1 Å². The van der Waals surface area contributed by atoms with Crippen LogP contribution < -0.4 is 24.2 Å². The summed E-state index contributed by atoms with van der Waals surface area (Å²) in [6, 6.07) is 31.2. The predicted molar refractivity (Wildman–Crippen MR) is 196 cm³/mol. The number of hydrogen-bond donors (Lipinski definition) is 1. The molecule has 0 spiro atoms. The SMILES string of the molecule is CCC(O[Si](CC)(CC)CC)c1c(N)ccc(N(C(Cc2ccccc2)c2ccc3c(c2)OCO3)S(C)(=O)=O)c1OCc1ccccc1. The summed E-state index contributed by atoms with van der Waals surface area (Å²) < 4.78 is 54.9. The van der Waals surface area contributed by atoms with Crippen LogP contribution >= 0.6 is 0 Å². The molecule has 8 nitrogen and oxygen atoms in total. The highest BCUT2D eigenvalue weighted by molar-refractivity contribution is 7.92. The van der Waals surface area contributed by atoms with E-state index in [0.717, 1.165) is 34.8 Å². The van der Waals surface area contributed by atoms with Crippen LogP contribution in [0.4, 0.5) is 11.4 Å². The first-order chi connectivity index (χ1) is 23.1. The Morgan fingerprint density at radius 3 is 2.06 bits per heavy atom. The summed E-state index contributed by atoms with van der Waals surface area (Å²) in [6.45, 7) is 9.02. The second-order valence-electron chi connectivity index (χ2n) is 12.3. The molecular weight excluding hydrogens is 641 g/mol. The molecule has 0 amide bonds. The average Bonchev–Trinajstić information content (AvgIpc) is 3.58. The number of sulfonamides is 1. The fourth-order valence-electron chi connectivity index (χ4n) is 6.51. The molecule has 0 radical (unpaired) electrons. The van der Waals surface area contributed by atoms with Gasteiger partial charge in [0.15, 0.2) is 25.6 Å². The van der Waals surface area contributed by atoms with Gasteiger partial charge in [-0.05, 0) is 71.9 Å². The van der Waals surface area contributed by atoms with Crippen molar-refractivity contribution in [2.24, 2.45) is 0 Å². The van der Waals surface area contributed by atoms with Crippen LogP contribution in [0.15, 0.2) is 91.0 Å². The van der Waals surface area contributed by atoms with Gasteiger partial charge in [0.25, 0.3) is 0 Å². The molecule has 0 bridgehead atoms. The smallest absolute Gasteiger partial charge is 0.232 e. The number of nitrogen functional groups attached to an aromatic ring is 1. The van der Waals surface area contributed by atoms with Gasteiger partial charge in [0, 0.05) is 11.3 Å². The molecule has 0 saturated carbocycles. The highest BCUT2D eigenvalue weighted by Gasteiger charge is 2.37. The van der Waals surface area contributed by atoms with Crippen LogP contribution in [-0.2, 0) is 27.5 Å². The second kappa shape index (κ2) is 15.5. The van der Waals surface area contributed by atoms with E-state index in [-0.39, 0.29) is 19.5 Å². The molecule has 10 heteroatoms. The van der Waals surface area contributed by atoms with Crippen LogP contribution in [0.5, 0.6) is 17.2 Å². The van der Waals surface area contributed by atoms with Crippen molar-refractivity contribution in [3.63, 3.8) is 0 Å². The zero-order valence-electron chi connectivity index (χ0n) is 28.6. The molecule has 2 N–H and O–H groups in total. The molecule has 0 fully saturated rings. The summed E-state index contributed by atoms with van der Waals surface area (Å²) in [4.78, 5) is 0. The van der Waals surface area contributed by atoms with Crippen LogP contribution in [0.2, 0.25) is 18.1 Å². The van der Waals surface area contributed by atoms with Crippen LogP contribution in [0.3, 0.4) is 0 Å². The molecule has 0 aromatic heterocycles. The molecule has 1 heterocycles. The molecule has 2 unspecified atom stereocenters. The van der Waals surface area contributed by atoms with E-state index in [1.807, 2.05) is 78.9 Å². The first-order valence-electron chi connectivity index (χ1n) is 16.8. The highest BCUT2D eigenvalue weighted by atomic mass is 32.2. The molecule has 1 aliphatic heterocycles. The number of anilines is 2. The van der Waals surface area contributed by atoms with Crippen LogP contribution in [0.1, 0.15) is 68.5 Å². The Balaban J connectivity index is 1.73. The van der Waals surface area contributed by atoms with Crippen LogP contribution in [0, 0.1) is 0 Å². The Bertz CT molecular complexity index is 1760. The van der Waals surface area contributed by atoms with E-state index in [9.17, 15) is 8.42 Å². The molecule has 2 atom stereocenters. The Morgan fingerprint density at radius 1 is 0.833 bits per heavy atom. The third-order valence-corrected chi connectivity index (χ3v) is 15.2. The lowest BCUT2D eigenvalue weighted by molar-refractivity contribution is 0.174. The molecule has 0 saturated heterocycles. The molecule has 256 valence electrons. The van der Waals surface area contributed by atoms with Crippen molar-refractivity contribution in [3.8, 4) is 17.2 Å². The van der Waals surface area contributed by atoms with E-state index in [4.69, 9.17) is 24.4 Å². The average molecular weight is 689 g/mol. The number of hydrogen-bond acceptors (Lipinski definition) is 7. The largest absolute Gasteiger partial charge is 0.486 e. The van der Waals surface area contributed by atoms with Gasteiger partial charge in [-0.3, -0.25) is 4.31 Å². The molecule has 4 aromatic carbocycles. The topological polar surface area (TPSA) is 100 Å². The standard InChI is InChI=1S/C38H48N2O6SSi/c1-6-34(46-48(7-2,8-3)9-4)37-31(39)21-22-32(38(37)43-26-29-18-14-11-15-19-29)40(47(5,41)42)33(24-28-16-12-10-13-17-28)30-20-23-35-36(25-30)45-27-44-35/h10-23,25,33-34H,6-9,24,26-27,39H2,1-5H3. The van der Waals surface area contributed by atoms with E-state index in [2.05, 4.69) is 27.7 Å². The lowest BCUT2D eigenvalue weighted by atomic mass is 9.96. The Labute approximate surface area is 287 Å². The van der Waals surface area contributed by atoms with Gasteiger partial charge in [-0.25, -0.2) is 8.42 Å². The normalized spacial score (nSPS) is 14.0. The number of nitrogens with zero attached hydrogens (tertiary/aromatic N) is 1. The summed E-state index contributed by atoms with van der Waals surface area (Å²) in [7, 11) is -6.01. The minimum absolute atomic E-state index is 0.118. The van der Waals surface area contributed by atoms with Gasteiger partial charge in [0.1, 0.15) is 6.61 Å². The third-order valence-electron chi connectivity index (χ3n) is 9.38. The van der Waals surface area contributed by atoms with Gasteiger partial charge in [-0.15, -0.1) is 0 Å². The summed E-state index contributed by atoms with van der Waals surface area (Å²) in [5, 5.41) is 0. The van der Waals surface area contributed by atoms with Crippen molar-refractivity contribution >= 4 is 29.7 Å². The zero-order valence-corrected chi connectivity index (χ0v) is 30.5. The van der Waals surface area contributed by atoms with Gasteiger partial charge >= 0.3 is 0 Å². The fraction of sp³-hybridized carbons (Fsp3) is 0.368. The molecular formula is C38H48N2O6SSi. The highest BCUT2D eigenvalue weighted by Crippen LogP contribution is 2.48. The monoisotopic (exact) mass is 688 g/mol. The van der Waals surface area contributed by atoms with Crippen molar-refractivity contribution < 1.29 is 27.1 Å². The number of nitrogens with two attached hydrogens (primary N) is 1. The molecule has 4 aromatic rings. The van der Waals surface area contributed by atoms with Crippen molar-refractivity contribution in [3.05, 3.63) is 113 Å². The van der Waals surface area contributed by atoms with E-state index in [0.29, 0.717) is 47.0 Å². The number of benzene rings is 4. The zero-order chi connectivity index (χ0) is 34.3. The third kappa shape index (κ3) is 7.83. The Kier molecular flexibility index (Phi) is 11.4. The van der Waals surface area contributed by atoms with Gasteiger partial charge in [0.2, 0.25) is 16.8 Å². The Hall–Kier alpha value is -3.99. The lowest BCUT2D eigenvalue weighted by Crippen LogP contribution is -2.38. The summed E-state index contributed by atoms with van der Waals surface area (Å²) in [6.07, 6.45) is 1.92. The summed E-state index contributed by atoms with van der Waals surface area (Å²) >= 11 is 0. The number of fused-ring (bicyclic) bond motifs is 1. The Morgan fingerprint density at radius 2 is 1.46 bits per heavy atom. The predicted octanol–water partition coefficient (Wildman–Crippen LogP) is 8.80. The maximum atomic E-state index is 14.2. The fourth-order valence-corrected chi connectivity index (χ4v) is 10.6. The van der Waals surface area contributed by atoms with Crippen molar-refractivity contribution in [2.45, 2.75) is 77.4 Å². The van der Waals surface area contributed by atoms with Crippen molar-refractivity contribution in [1.29, 1.82) is 0 Å². The molecule has 5 rings (SSSR count). The van der Waals surface area contributed by atoms with E-state index >= 15 is 0 Å². The second-order valence-corrected chi connectivity index (χ2v) is 18.9. The van der Waals surface area contributed by atoms with Gasteiger partial charge < -0.3 is 24.4 Å². The molecule has 48 heavy (non-hydrogen) atoms. The quantitative estimate of drug-likeness (QED) is 0.0928. The van der Waals surface area contributed by atoms with E-state index < -0.39 is 24.4 Å². The first-order valence-corrected chi connectivity index (χ1v) is 21.2.